The normalized spacial score (nSPS) is 15.5. The first kappa shape index (κ1) is 13.5. The average molecular weight is 254 g/mol. The molecular weight excluding hydrogens is 236 g/mol. The van der Waals surface area contributed by atoms with Gasteiger partial charge in [-0.25, -0.2) is 0 Å². The number of carbonyl (C=O) groups is 1. The molecule has 0 aromatic heterocycles. The van der Waals surface area contributed by atoms with Gasteiger partial charge in [0.15, 0.2) is 5.78 Å². The van der Waals surface area contributed by atoms with E-state index in [4.69, 9.17) is 0 Å². The summed E-state index contributed by atoms with van der Waals surface area (Å²) in [6, 6.07) is 18.4. The van der Waals surface area contributed by atoms with Gasteiger partial charge in [0.25, 0.3) is 0 Å². The molecule has 2 heteroatoms. The van der Waals surface area contributed by atoms with Crippen LogP contribution >= 0.6 is 0 Å². The van der Waals surface area contributed by atoms with Crippen LogP contribution in [0.4, 0.5) is 0 Å². The third-order valence-electron chi connectivity index (χ3n) is 3.65. The van der Waals surface area contributed by atoms with Gasteiger partial charge in [-0.1, -0.05) is 67.6 Å². The van der Waals surface area contributed by atoms with Crippen LogP contribution in [0.5, 0.6) is 0 Å². The minimum absolute atomic E-state index is 0.0468. The molecule has 0 radical (unpaired) electrons. The van der Waals surface area contributed by atoms with Crippen LogP contribution in [0.25, 0.3) is 0 Å². The molecule has 2 nitrogen and oxygen atoms in total. The van der Waals surface area contributed by atoms with Gasteiger partial charge in [0.2, 0.25) is 0 Å². The summed E-state index contributed by atoms with van der Waals surface area (Å²) in [5.74, 6) is -0.549. The lowest BCUT2D eigenvalue weighted by molar-refractivity contribution is 0.00676. The van der Waals surface area contributed by atoms with Crippen molar-refractivity contribution in [2.75, 3.05) is 0 Å². The van der Waals surface area contributed by atoms with E-state index in [1.54, 1.807) is 26.0 Å². The van der Waals surface area contributed by atoms with Crippen LogP contribution in [0.1, 0.15) is 29.8 Å². The molecule has 0 saturated heterocycles. The molecule has 0 heterocycles. The lowest BCUT2D eigenvalue weighted by atomic mass is 9.80. The molecule has 0 aliphatic rings. The number of Topliss-reactive ketones (excluding diaryl/α,β-unsaturated/α-hetero) is 1. The van der Waals surface area contributed by atoms with E-state index in [1.807, 2.05) is 48.5 Å². The summed E-state index contributed by atoms with van der Waals surface area (Å²) in [5, 5.41) is 10.7. The topological polar surface area (TPSA) is 37.3 Å². The monoisotopic (exact) mass is 254 g/mol. The second-order valence-electron chi connectivity index (χ2n) is 4.97. The maximum atomic E-state index is 12.4. The molecule has 0 spiro atoms. The van der Waals surface area contributed by atoms with Crippen molar-refractivity contribution in [3.63, 3.8) is 0 Å². The summed E-state index contributed by atoms with van der Waals surface area (Å²) in [7, 11) is 0. The molecule has 1 N–H and O–H groups in total. The van der Waals surface area contributed by atoms with Crippen molar-refractivity contribution in [3.8, 4) is 0 Å². The van der Waals surface area contributed by atoms with Gasteiger partial charge in [-0.05, 0) is 12.5 Å². The van der Waals surface area contributed by atoms with Gasteiger partial charge < -0.3 is 5.11 Å². The van der Waals surface area contributed by atoms with Crippen LogP contribution in [0.15, 0.2) is 60.7 Å². The average Bonchev–Trinajstić information content (AvgIpc) is 2.47. The third kappa shape index (κ3) is 2.74. The fourth-order valence-electron chi connectivity index (χ4n) is 2.13. The fourth-order valence-corrected chi connectivity index (χ4v) is 2.13. The van der Waals surface area contributed by atoms with Crippen LogP contribution in [-0.4, -0.2) is 10.9 Å². The van der Waals surface area contributed by atoms with E-state index in [0.717, 1.165) is 5.56 Å². The summed E-state index contributed by atoms with van der Waals surface area (Å²) >= 11 is 0. The Morgan fingerprint density at radius 2 is 1.47 bits per heavy atom. The Kier molecular flexibility index (Phi) is 3.82. The predicted octanol–water partition coefficient (Wildman–Crippen LogP) is 3.41. The highest BCUT2D eigenvalue weighted by Gasteiger charge is 2.35. The first-order valence-corrected chi connectivity index (χ1v) is 6.40. The maximum Gasteiger partial charge on any atom is 0.168 e. The van der Waals surface area contributed by atoms with E-state index < -0.39 is 11.5 Å². The molecule has 0 amide bonds. The van der Waals surface area contributed by atoms with E-state index in [2.05, 4.69) is 0 Å². The molecule has 19 heavy (non-hydrogen) atoms. The van der Waals surface area contributed by atoms with Crippen molar-refractivity contribution in [2.45, 2.75) is 19.4 Å². The zero-order valence-corrected chi connectivity index (χ0v) is 11.2. The van der Waals surface area contributed by atoms with Crippen molar-refractivity contribution in [2.24, 2.45) is 5.92 Å². The highest BCUT2D eigenvalue weighted by molar-refractivity contribution is 5.98. The molecule has 0 aliphatic heterocycles. The Balaban J connectivity index is 2.29. The number of hydrogen-bond acceptors (Lipinski definition) is 2. The molecule has 2 rings (SSSR count). The van der Waals surface area contributed by atoms with Crippen LogP contribution < -0.4 is 0 Å². The molecule has 0 saturated carbocycles. The van der Waals surface area contributed by atoms with Crippen molar-refractivity contribution >= 4 is 5.78 Å². The third-order valence-corrected chi connectivity index (χ3v) is 3.65. The number of rotatable bonds is 4. The minimum Gasteiger partial charge on any atom is -0.385 e. The Bertz CT molecular complexity index is 544. The number of ketones is 1. The Labute approximate surface area is 113 Å². The van der Waals surface area contributed by atoms with E-state index >= 15 is 0 Å². The molecule has 2 atom stereocenters. The summed E-state index contributed by atoms with van der Waals surface area (Å²) in [6.45, 7) is 3.45. The molecular formula is C17H18O2. The van der Waals surface area contributed by atoms with Crippen LogP contribution in [-0.2, 0) is 5.60 Å². The Morgan fingerprint density at radius 3 is 2.00 bits per heavy atom. The van der Waals surface area contributed by atoms with Crippen molar-refractivity contribution in [1.82, 2.24) is 0 Å². The summed E-state index contributed by atoms with van der Waals surface area (Å²) in [5.41, 5.74) is 0.215. The molecule has 0 bridgehead atoms. The highest BCUT2D eigenvalue weighted by Crippen LogP contribution is 2.31. The second-order valence-corrected chi connectivity index (χ2v) is 4.97. The summed E-state index contributed by atoms with van der Waals surface area (Å²) < 4.78 is 0. The second kappa shape index (κ2) is 5.37. The van der Waals surface area contributed by atoms with Crippen LogP contribution in [0.2, 0.25) is 0 Å². The number of hydrogen-bond donors (Lipinski definition) is 1. The number of aliphatic hydroxyl groups is 1. The molecule has 0 fully saturated rings. The number of carbonyl (C=O) groups excluding carboxylic acids is 1. The zero-order valence-electron chi connectivity index (χ0n) is 11.2. The van der Waals surface area contributed by atoms with Crippen molar-refractivity contribution in [1.29, 1.82) is 0 Å². The molecule has 2 aromatic rings. The van der Waals surface area contributed by atoms with E-state index in [0.29, 0.717) is 5.56 Å². The fraction of sp³-hybridized carbons (Fsp3) is 0.235. The first-order valence-electron chi connectivity index (χ1n) is 6.40. The van der Waals surface area contributed by atoms with Gasteiger partial charge >= 0.3 is 0 Å². The molecule has 0 aliphatic carbocycles. The predicted molar refractivity (Wildman–Crippen MR) is 75.9 cm³/mol. The number of benzene rings is 2. The highest BCUT2D eigenvalue weighted by atomic mass is 16.3. The van der Waals surface area contributed by atoms with Crippen molar-refractivity contribution in [3.05, 3.63) is 71.8 Å². The quantitative estimate of drug-likeness (QED) is 0.849. The first-order chi connectivity index (χ1) is 9.03. The van der Waals surface area contributed by atoms with E-state index in [-0.39, 0.29) is 5.78 Å². The van der Waals surface area contributed by atoms with Gasteiger partial charge in [0, 0.05) is 5.56 Å². The van der Waals surface area contributed by atoms with Gasteiger partial charge in [-0.3, -0.25) is 4.79 Å². The Morgan fingerprint density at radius 1 is 1.00 bits per heavy atom. The smallest absolute Gasteiger partial charge is 0.168 e. The van der Waals surface area contributed by atoms with Crippen molar-refractivity contribution < 1.29 is 9.90 Å². The minimum atomic E-state index is -1.17. The maximum absolute atomic E-state index is 12.4. The van der Waals surface area contributed by atoms with Gasteiger partial charge in [-0.2, -0.15) is 0 Å². The molecule has 98 valence electrons. The summed E-state index contributed by atoms with van der Waals surface area (Å²) in [4.78, 5) is 12.4. The van der Waals surface area contributed by atoms with Gasteiger partial charge in [-0.15, -0.1) is 0 Å². The van der Waals surface area contributed by atoms with E-state index in [9.17, 15) is 9.90 Å². The van der Waals surface area contributed by atoms with Crippen LogP contribution in [0, 0.1) is 5.92 Å². The molecule has 0 unspecified atom stereocenters. The lowest BCUT2D eigenvalue weighted by Crippen LogP contribution is -2.35. The van der Waals surface area contributed by atoms with Gasteiger partial charge in [0.05, 0.1) is 11.5 Å². The van der Waals surface area contributed by atoms with Gasteiger partial charge in [0.1, 0.15) is 0 Å². The zero-order chi connectivity index (χ0) is 13.9. The standard InChI is InChI=1S/C17H18O2/c1-13(16(18)14-9-5-3-6-10-14)17(2,19)15-11-7-4-8-12-15/h3-13,19H,1-2H3/t13-,17+/m0/s1. The molecule has 2 aromatic carbocycles. The van der Waals surface area contributed by atoms with E-state index in [1.165, 1.54) is 0 Å². The SMILES string of the molecule is C[C@@H](C(=O)c1ccccc1)[C@@](C)(O)c1ccccc1. The largest absolute Gasteiger partial charge is 0.385 e. The lowest BCUT2D eigenvalue weighted by Gasteiger charge is -2.30. The summed E-state index contributed by atoms with van der Waals surface area (Å²) in [6.07, 6.45) is 0. The Hall–Kier alpha value is -1.93. The van der Waals surface area contributed by atoms with Crippen LogP contribution in [0.3, 0.4) is 0 Å².